The molecule has 146 valence electrons. The van der Waals surface area contributed by atoms with Crippen LogP contribution >= 0.6 is 11.3 Å². The minimum atomic E-state index is -3.70. The maximum absolute atomic E-state index is 12.7. The molecule has 1 fully saturated rings. The number of nitrogens with zero attached hydrogens (tertiary/aromatic N) is 2. The molecule has 0 atom stereocenters. The summed E-state index contributed by atoms with van der Waals surface area (Å²) in [5, 5.41) is 2.09. The zero-order valence-electron chi connectivity index (χ0n) is 15.4. The third-order valence-electron chi connectivity index (χ3n) is 4.76. The summed E-state index contributed by atoms with van der Waals surface area (Å²) < 4.78 is 25.2. The molecule has 1 aromatic carbocycles. The Labute approximate surface area is 163 Å². The lowest BCUT2D eigenvalue weighted by Gasteiger charge is -2.32. The number of thiophene rings is 1. The number of hydroxylamine groups is 1. The van der Waals surface area contributed by atoms with E-state index in [0.717, 1.165) is 24.1 Å². The zero-order valence-corrected chi connectivity index (χ0v) is 17.1. The molecule has 0 unspecified atom stereocenters. The summed E-state index contributed by atoms with van der Waals surface area (Å²) in [5.41, 5.74) is 0.496. The summed E-state index contributed by atoms with van der Waals surface area (Å²) >= 11 is 1.76. The van der Waals surface area contributed by atoms with Crippen LogP contribution in [0.25, 0.3) is 0 Å². The summed E-state index contributed by atoms with van der Waals surface area (Å²) in [5.74, 6) is -0.0609. The molecule has 9 heteroatoms. The van der Waals surface area contributed by atoms with Crippen molar-refractivity contribution >= 4 is 27.3 Å². The Morgan fingerprint density at radius 2 is 1.89 bits per heavy atom. The molecule has 27 heavy (non-hydrogen) atoms. The summed E-state index contributed by atoms with van der Waals surface area (Å²) in [4.78, 5) is 22.2. The highest BCUT2D eigenvalue weighted by molar-refractivity contribution is 7.89. The number of nitrogens with one attached hydrogen (secondary N) is 1. The van der Waals surface area contributed by atoms with Crippen LogP contribution in [0.15, 0.2) is 46.7 Å². The molecule has 1 amide bonds. The Morgan fingerprint density at radius 3 is 2.44 bits per heavy atom. The Bertz CT molecular complexity index is 859. The number of amides is 1. The average molecular weight is 411 g/mol. The first-order chi connectivity index (χ1) is 12.9. The van der Waals surface area contributed by atoms with E-state index in [-0.39, 0.29) is 10.8 Å². The summed E-state index contributed by atoms with van der Waals surface area (Å²) in [6, 6.07) is 10.2. The molecular formula is C18H24N3O4S2+. The highest BCUT2D eigenvalue weighted by atomic mass is 32.2. The van der Waals surface area contributed by atoms with Crippen molar-refractivity contribution < 1.29 is 22.9 Å². The summed E-state index contributed by atoms with van der Waals surface area (Å²) in [6.45, 7) is 4.22. The second-order valence-corrected chi connectivity index (χ2v) is 9.39. The Kier molecular flexibility index (Phi) is 6.28. The molecule has 2 aromatic rings. The van der Waals surface area contributed by atoms with Gasteiger partial charge in [-0.3, -0.25) is 9.63 Å². The Morgan fingerprint density at radius 1 is 1.22 bits per heavy atom. The van der Waals surface area contributed by atoms with Crippen LogP contribution in [0, 0.1) is 0 Å². The first kappa shape index (κ1) is 20.0. The zero-order chi connectivity index (χ0) is 19.4. The van der Waals surface area contributed by atoms with Gasteiger partial charge in [0, 0.05) is 12.6 Å². The van der Waals surface area contributed by atoms with Gasteiger partial charge in [-0.1, -0.05) is 10.5 Å². The second-order valence-electron chi connectivity index (χ2n) is 6.42. The van der Waals surface area contributed by atoms with Crippen molar-refractivity contribution in [3.8, 4) is 0 Å². The van der Waals surface area contributed by atoms with Gasteiger partial charge in [-0.2, -0.15) is 0 Å². The van der Waals surface area contributed by atoms with Crippen molar-refractivity contribution in [3.05, 3.63) is 52.2 Å². The number of piperazine rings is 1. The fourth-order valence-corrected chi connectivity index (χ4v) is 4.81. The predicted octanol–water partition coefficient (Wildman–Crippen LogP) is 0.471. The number of quaternary nitrogens is 1. The van der Waals surface area contributed by atoms with E-state index in [1.165, 1.54) is 36.1 Å². The lowest BCUT2D eigenvalue weighted by molar-refractivity contribution is -0.917. The second kappa shape index (κ2) is 8.49. The van der Waals surface area contributed by atoms with Crippen LogP contribution in [-0.4, -0.2) is 64.0 Å². The van der Waals surface area contributed by atoms with Gasteiger partial charge in [0.2, 0.25) is 0 Å². The number of sulfonamides is 1. The lowest BCUT2D eigenvalue weighted by Crippen LogP contribution is -3.13. The van der Waals surface area contributed by atoms with E-state index in [1.54, 1.807) is 23.5 Å². The molecule has 7 nitrogen and oxygen atoms in total. The fourth-order valence-electron chi connectivity index (χ4n) is 3.06. The van der Waals surface area contributed by atoms with Gasteiger partial charge in [-0.25, -0.2) is 8.42 Å². The highest BCUT2D eigenvalue weighted by Gasteiger charge is 2.26. The number of carbonyl (C=O) groups excluding carboxylic acids is 1. The molecular weight excluding hydrogens is 386 g/mol. The quantitative estimate of drug-likeness (QED) is 0.703. The lowest BCUT2D eigenvalue weighted by atomic mass is 10.2. The molecule has 0 spiro atoms. The smallest absolute Gasteiger partial charge is 0.264 e. The van der Waals surface area contributed by atoms with Gasteiger partial charge in [0.25, 0.3) is 15.9 Å². The van der Waals surface area contributed by atoms with Gasteiger partial charge in [-0.15, -0.1) is 11.3 Å². The minimum absolute atomic E-state index is 0.0609. The standard InChI is InChI=1S/C18H23N3O4S2/c1-19(25-2)27(23,24)17-7-5-15(6-8-17)18(22)21-11-9-20(10-12-21)14-16-4-3-13-26-16/h3-8,13H,9-12,14H2,1-2H3/p+1. The maximum Gasteiger partial charge on any atom is 0.264 e. The Balaban J connectivity index is 1.60. The van der Waals surface area contributed by atoms with E-state index < -0.39 is 10.0 Å². The third-order valence-corrected chi connectivity index (χ3v) is 7.33. The Hall–Kier alpha value is -1.78. The van der Waals surface area contributed by atoms with Gasteiger partial charge < -0.3 is 9.80 Å². The largest absolute Gasteiger partial charge is 0.328 e. The monoisotopic (exact) mass is 410 g/mol. The van der Waals surface area contributed by atoms with Crippen molar-refractivity contribution in [2.45, 2.75) is 11.4 Å². The van der Waals surface area contributed by atoms with E-state index in [1.807, 2.05) is 4.90 Å². The normalized spacial score (nSPS) is 16.0. The van der Waals surface area contributed by atoms with Crippen molar-refractivity contribution in [1.82, 2.24) is 9.37 Å². The van der Waals surface area contributed by atoms with Crippen LogP contribution in [0.2, 0.25) is 0 Å². The molecule has 0 saturated carbocycles. The number of benzene rings is 1. The van der Waals surface area contributed by atoms with Gasteiger partial charge in [-0.05, 0) is 35.7 Å². The van der Waals surface area contributed by atoms with Gasteiger partial charge >= 0.3 is 0 Å². The first-order valence-corrected chi connectivity index (χ1v) is 11.0. The molecule has 1 aromatic heterocycles. The predicted molar refractivity (Wildman–Crippen MR) is 103 cm³/mol. The van der Waals surface area contributed by atoms with Crippen LogP contribution in [0.1, 0.15) is 15.2 Å². The molecule has 0 aliphatic carbocycles. The van der Waals surface area contributed by atoms with E-state index in [2.05, 4.69) is 17.5 Å². The van der Waals surface area contributed by atoms with Gasteiger partial charge in [0.1, 0.15) is 6.54 Å². The number of rotatable bonds is 6. The average Bonchev–Trinajstić information content (AvgIpc) is 3.20. The van der Waals surface area contributed by atoms with Crippen LogP contribution in [0.5, 0.6) is 0 Å². The third kappa shape index (κ3) is 4.56. The van der Waals surface area contributed by atoms with Crippen LogP contribution in [0.3, 0.4) is 0 Å². The van der Waals surface area contributed by atoms with E-state index in [9.17, 15) is 13.2 Å². The summed E-state index contributed by atoms with van der Waals surface area (Å²) in [7, 11) is -1.09. The van der Waals surface area contributed by atoms with Crippen LogP contribution in [0.4, 0.5) is 0 Å². The topological polar surface area (TPSA) is 71.4 Å². The highest BCUT2D eigenvalue weighted by Crippen LogP contribution is 2.16. The molecule has 1 saturated heterocycles. The van der Waals surface area contributed by atoms with Gasteiger partial charge in [0.05, 0.1) is 43.1 Å². The molecule has 1 N–H and O–H groups in total. The first-order valence-electron chi connectivity index (χ1n) is 8.70. The molecule has 3 rings (SSSR count). The minimum Gasteiger partial charge on any atom is -0.328 e. The molecule has 1 aliphatic rings. The molecule has 0 bridgehead atoms. The van der Waals surface area contributed by atoms with Crippen molar-refractivity contribution in [3.63, 3.8) is 0 Å². The number of carbonyl (C=O) groups is 1. The van der Waals surface area contributed by atoms with Crippen molar-refractivity contribution in [1.29, 1.82) is 0 Å². The SMILES string of the molecule is CON(C)S(=O)(=O)c1ccc(C(=O)N2CC[NH+](Cc3cccs3)CC2)cc1. The fraction of sp³-hybridized carbons (Fsp3) is 0.389. The van der Waals surface area contributed by atoms with Crippen LogP contribution < -0.4 is 4.90 Å². The molecule has 0 radical (unpaired) electrons. The molecule has 1 aliphatic heterocycles. The van der Waals surface area contributed by atoms with Gasteiger partial charge in [0.15, 0.2) is 0 Å². The van der Waals surface area contributed by atoms with Crippen molar-refractivity contribution in [2.24, 2.45) is 0 Å². The number of hydrogen-bond donors (Lipinski definition) is 1. The van der Waals surface area contributed by atoms with E-state index in [0.29, 0.717) is 18.7 Å². The van der Waals surface area contributed by atoms with E-state index >= 15 is 0 Å². The summed E-state index contributed by atoms with van der Waals surface area (Å²) in [6.07, 6.45) is 0. The van der Waals surface area contributed by atoms with Crippen molar-refractivity contribution in [2.75, 3.05) is 40.3 Å². The number of hydrogen-bond acceptors (Lipinski definition) is 5. The molecule has 2 heterocycles. The maximum atomic E-state index is 12.7. The van der Waals surface area contributed by atoms with Crippen LogP contribution in [-0.2, 0) is 21.4 Å². The van der Waals surface area contributed by atoms with E-state index in [4.69, 9.17) is 4.84 Å².